The zero-order chi connectivity index (χ0) is 16.9. The van der Waals surface area contributed by atoms with Crippen LogP contribution in [0.4, 0.5) is 4.39 Å². The molecule has 0 aliphatic carbocycles. The number of nitriles is 1. The average Bonchev–Trinajstić information content (AvgIpc) is 2.45. The molecule has 1 aromatic rings. The van der Waals surface area contributed by atoms with Crippen molar-refractivity contribution in [2.45, 2.75) is 33.2 Å². The molecule has 1 rings (SSSR count). The van der Waals surface area contributed by atoms with E-state index in [0.717, 1.165) is 12.1 Å². The molecule has 1 aromatic carbocycles. The van der Waals surface area contributed by atoms with Crippen LogP contribution in [-0.4, -0.2) is 23.8 Å². The molecule has 1 atom stereocenters. The van der Waals surface area contributed by atoms with E-state index in [1.54, 1.807) is 6.92 Å². The molecule has 0 aliphatic rings. The first-order valence-corrected chi connectivity index (χ1v) is 6.85. The van der Waals surface area contributed by atoms with E-state index in [0.29, 0.717) is 0 Å². The fourth-order valence-electron chi connectivity index (χ4n) is 1.67. The van der Waals surface area contributed by atoms with Crippen LogP contribution in [0.25, 0.3) is 0 Å². The molecule has 1 N–H and O–H groups in total. The fraction of sp³-hybridized carbons (Fsp3) is 0.438. The Balaban J connectivity index is 2.77. The zero-order valence-electron chi connectivity index (χ0n) is 13.1. The second kappa shape index (κ2) is 7.03. The molecule has 0 saturated carbocycles. The van der Waals surface area contributed by atoms with Crippen molar-refractivity contribution in [3.63, 3.8) is 0 Å². The summed E-state index contributed by atoms with van der Waals surface area (Å²) in [4.78, 5) is 23.3. The topological polar surface area (TPSA) is 79.2 Å². The highest BCUT2D eigenvalue weighted by molar-refractivity contribution is 5.96. The predicted molar refractivity (Wildman–Crippen MR) is 78.9 cm³/mol. The second-order valence-electron chi connectivity index (χ2n) is 5.50. The number of rotatable bonds is 6. The molecule has 5 nitrogen and oxygen atoms in total. The molecule has 0 unspecified atom stereocenters. The normalized spacial score (nSPS) is 13.1. The number of Topliss-reactive ketones (excluding diaryl/α,β-unsaturated/α-hetero) is 1. The molecular formula is C16H19FN2O3. The third kappa shape index (κ3) is 4.29. The van der Waals surface area contributed by atoms with Crippen LogP contribution in [0.2, 0.25) is 0 Å². The number of ketones is 1. The van der Waals surface area contributed by atoms with Gasteiger partial charge in [0.2, 0.25) is 0 Å². The van der Waals surface area contributed by atoms with Crippen molar-refractivity contribution in [1.82, 2.24) is 5.32 Å². The Kier molecular flexibility index (Phi) is 5.63. The van der Waals surface area contributed by atoms with Gasteiger partial charge in [0.25, 0.3) is 5.91 Å². The minimum Gasteiger partial charge on any atom is -0.483 e. The first-order valence-electron chi connectivity index (χ1n) is 6.85. The highest BCUT2D eigenvalue weighted by Crippen LogP contribution is 2.20. The van der Waals surface area contributed by atoms with E-state index >= 15 is 0 Å². The first-order chi connectivity index (χ1) is 10.2. The van der Waals surface area contributed by atoms with Gasteiger partial charge in [-0.05, 0) is 38.0 Å². The van der Waals surface area contributed by atoms with Gasteiger partial charge in [-0.3, -0.25) is 9.59 Å². The Morgan fingerprint density at radius 1 is 1.45 bits per heavy atom. The van der Waals surface area contributed by atoms with Crippen LogP contribution in [0.5, 0.6) is 5.75 Å². The van der Waals surface area contributed by atoms with E-state index in [2.05, 4.69) is 11.4 Å². The molecule has 118 valence electrons. The van der Waals surface area contributed by atoms with Crippen molar-refractivity contribution in [2.24, 2.45) is 5.92 Å². The summed E-state index contributed by atoms with van der Waals surface area (Å²) < 4.78 is 18.4. The highest BCUT2D eigenvalue weighted by atomic mass is 19.1. The van der Waals surface area contributed by atoms with Crippen LogP contribution in [0, 0.1) is 23.1 Å². The lowest BCUT2D eigenvalue weighted by Gasteiger charge is -2.27. The smallest absolute Gasteiger partial charge is 0.259 e. The number of benzene rings is 1. The number of hydrogen-bond acceptors (Lipinski definition) is 4. The van der Waals surface area contributed by atoms with Crippen LogP contribution in [0.15, 0.2) is 18.2 Å². The van der Waals surface area contributed by atoms with Crippen molar-refractivity contribution in [2.75, 3.05) is 6.61 Å². The van der Waals surface area contributed by atoms with Gasteiger partial charge < -0.3 is 10.1 Å². The minimum atomic E-state index is -1.01. The molecule has 0 fully saturated rings. The predicted octanol–water partition coefficient (Wildman–Crippen LogP) is 2.46. The molecule has 6 heteroatoms. The zero-order valence-corrected chi connectivity index (χ0v) is 13.1. The summed E-state index contributed by atoms with van der Waals surface area (Å²) in [7, 11) is 0. The van der Waals surface area contributed by atoms with Gasteiger partial charge in [0, 0.05) is 0 Å². The number of amides is 1. The molecule has 0 aromatic heterocycles. The van der Waals surface area contributed by atoms with Gasteiger partial charge in [-0.25, -0.2) is 4.39 Å². The largest absolute Gasteiger partial charge is 0.483 e. The summed E-state index contributed by atoms with van der Waals surface area (Å²) in [6.07, 6.45) is 0. The van der Waals surface area contributed by atoms with Crippen molar-refractivity contribution >= 4 is 11.7 Å². The molecule has 0 aliphatic heterocycles. The van der Waals surface area contributed by atoms with Crippen molar-refractivity contribution in [1.29, 1.82) is 5.26 Å². The Bertz CT molecular complexity index is 622. The Morgan fingerprint density at radius 2 is 2.09 bits per heavy atom. The molecule has 0 bridgehead atoms. The molecule has 0 heterocycles. The SMILES string of the molecule is CC(=O)c1cc(F)ccc1OCC(=O)N[C@@](C)(C#N)C(C)C. The monoisotopic (exact) mass is 306 g/mol. The van der Waals surface area contributed by atoms with Crippen LogP contribution < -0.4 is 10.1 Å². The lowest BCUT2D eigenvalue weighted by atomic mass is 9.90. The van der Waals surface area contributed by atoms with E-state index in [-0.39, 0.29) is 29.6 Å². The van der Waals surface area contributed by atoms with Crippen LogP contribution in [0.3, 0.4) is 0 Å². The molecule has 1 amide bonds. The number of halogens is 1. The fourth-order valence-corrected chi connectivity index (χ4v) is 1.67. The first kappa shape index (κ1) is 17.6. The standard InChI is InChI=1S/C16H19FN2O3/c1-10(2)16(4,9-18)19-15(21)8-22-14-6-5-12(17)7-13(14)11(3)20/h5-7,10H,8H2,1-4H3,(H,19,21)/t16-/m0/s1. The van der Waals surface area contributed by atoms with Crippen LogP contribution >= 0.6 is 0 Å². The summed E-state index contributed by atoms with van der Waals surface area (Å²) in [5, 5.41) is 11.7. The van der Waals surface area contributed by atoms with E-state index < -0.39 is 17.3 Å². The number of carbonyl (C=O) groups is 2. The number of ether oxygens (including phenoxy) is 1. The van der Waals surface area contributed by atoms with Crippen molar-refractivity contribution < 1.29 is 18.7 Å². The van der Waals surface area contributed by atoms with E-state index in [9.17, 15) is 14.0 Å². The molecule has 0 radical (unpaired) electrons. The van der Waals surface area contributed by atoms with Crippen molar-refractivity contribution in [3.05, 3.63) is 29.6 Å². The number of hydrogen-bond donors (Lipinski definition) is 1. The second-order valence-corrected chi connectivity index (χ2v) is 5.50. The van der Waals surface area contributed by atoms with E-state index in [1.165, 1.54) is 13.0 Å². The van der Waals surface area contributed by atoms with E-state index in [4.69, 9.17) is 10.00 Å². The summed E-state index contributed by atoms with van der Waals surface area (Å²) in [5.74, 6) is -1.36. The number of nitrogens with zero attached hydrogens (tertiary/aromatic N) is 1. The Labute approximate surface area is 129 Å². The average molecular weight is 306 g/mol. The van der Waals surface area contributed by atoms with Crippen LogP contribution in [-0.2, 0) is 4.79 Å². The van der Waals surface area contributed by atoms with Gasteiger partial charge in [-0.1, -0.05) is 13.8 Å². The van der Waals surface area contributed by atoms with Gasteiger partial charge in [-0.2, -0.15) is 5.26 Å². The molecular weight excluding hydrogens is 287 g/mol. The summed E-state index contributed by atoms with van der Waals surface area (Å²) in [5.41, 5.74) is -0.938. The summed E-state index contributed by atoms with van der Waals surface area (Å²) in [6, 6.07) is 5.55. The molecule has 0 spiro atoms. The van der Waals surface area contributed by atoms with Gasteiger partial charge in [-0.15, -0.1) is 0 Å². The van der Waals surface area contributed by atoms with Gasteiger partial charge in [0.1, 0.15) is 17.1 Å². The third-order valence-corrected chi connectivity index (χ3v) is 3.47. The lowest BCUT2D eigenvalue weighted by molar-refractivity contribution is -0.124. The van der Waals surface area contributed by atoms with Crippen molar-refractivity contribution in [3.8, 4) is 11.8 Å². The Morgan fingerprint density at radius 3 is 2.59 bits per heavy atom. The van der Waals surface area contributed by atoms with Gasteiger partial charge in [0.15, 0.2) is 12.4 Å². The Hall–Kier alpha value is -2.42. The number of nitrogens with one attached hydrogen (secondary N) is 1. The van der Waals surface area contributed by atoms with Gasteiger partial charge >= 0.3 is 0 Å². The van der Waals surface area contributed by atoms with E-state index in [1.807, 2.05) is 13.8 Å². The maximum Gasteiger partial charge on any atom is 0.259 e. The minimum absolute atomic E-state index is 0.0692. The lowest BCUT2D eigenvalue weighted by Crippen LogP contribution is -2.50. The summed E-state index contributed by atoms with van der Waals surface area (Å²) >= 11 is 0. The quantitative estimate of drug-likeness (QED) is 0.819. The van der Waals surface area contributed by atoms with Gasteiger partial charge in [0.05, 0.1) is 11.6 Å². The number of carbonyl (C=O) groups excluding carboxylic acids is 2. The third-order valence-electron chi connectivity index (χ3n) is 3.47. The maximum atomic E-state index is 13.1. The maximum absolute atomic E-state index is 13.1. The molecule has 0 saturated heterocycles. The van der Waals surface area contributed by atoms with Crippen LogP contribution in [0.1, 0.15) is 38.1 Å². The summed E-state index contributed by atoms with van der Waals surface area (Å²) in [6.45, 7) is 6.17. The molecule has 22 heavy (non-hydrogen) atoms. The highest BCUT2D eigenvalue weighted by Gasteiger charge is 2.30.